The van der Waals surface area contributed by atoms with Crippen molar-refractivity contribution in [2.75, 3.05) is 16.6 Å². The molecule has 3 aromatic heterocycles. The summed E-state index contributed by atoms with van der Waals surface area (Å²) < 4.78 is 30.0. The maximum Gasteiger partial charge on any atom is 0.261 e. The summed E-state index contributed by atoms with van der Waals surface area (Å²) in [7, 11) is -3.73. The third-order valence-corrected chi connectivity index (χ3v) is 8.93. The number of thiazole rings is 1. The molecule has 0 saturated carbocycles. The first-order chi connectivity index (χ1) is 20.1. The SMILES string of the molecule is CC(C)(CCn1ccc2cc(C(=O)Nc3nccs3)cnc21)NC[C@H](O)c1cccc(NS(=O)(=O)c2ccccc2)c1. The second-order valence-electron chi connectivity index (χ2n) is 10.5. The van der Waals surface area contributed by atoms with Crippen LogP contribution in [-0.4, -0.2) is 46.1 Å². The minimum atomic E-state index is -3.73. The number of aliphatic hydroxyl groups is 1. The number of hydrogen-bond acceptors (Lipinski definition) is 8. The van der Waals surface area contributed by atoms with Gasteiger partial charge in [0, 0.05) is 53.7 Å². The number of aryl methyl sites for hydroxylation is 1. The molecule has 5 rings (SSSR count). The smallest absolute Gasteiger partial charge is 0.261 e. The Morgan fingerprint density at radius 2 is 1.88 bits per heavy atom. The molecule has 10 nitrogen and oxygen atoms in total. The summed E-state index contributed by atoms with van der Waals surface area (Å²) >= 11 is 1.35. The van der Waals surface area contributed by atoms with Crippen molar-refractivity contribution in [3.63, 3.8) is 0 Å². The van der Waals surface area contributed by atoms with Crippen LogP contribution in [0.15, 0.2) is 95.6 Å². The Kier molecular flexibility index (Phi) is 8.69. The monoisotopic (exact) mass is 604 g/mol. The van der Waals surface area contributed by atoms with E-state index in [0.29, 0.717) is 28.5 Å². The van der Waals surface area contributed by atoms with Gasteiger partial charge in [0.1, 0.15) is 5.65 Å². The molecule has 4 N–H and O–H groups in total. The van der Waals surface area contributed by atoms with E-state index in [0.717, 1.165) is 17.5 Å². The zero-order valence-electron chi connectivity index (χ0n) is 23.2. The number of rotatable bonds is 12. The van der Waals surface area contributed by atoms with Crippen molar-refractivity contribution in [1.82, 2.24) is 19.9 Å². The number of benzene rings is 2. The van der Waals surface area contributed by atoms with Gasteiger partial charge in [0.15, 0.2) is 5.13 Å². The van der Waals surface area contributed by atoms with Crippen LogP contribution in [0.4, 0.5) is 10.8 Å². The molecule has 0 aliphatic heterocycles. The molecule has 3 heterocycles. The van der Waals surface area contributed by atoms with Crippen LogP contribution in [0, 0.1) is 0 Å². The molecule has 218 valence electrons. The number of aromatic nitrogens is 3. The van der Waals surface area contributed by atoms with Gasteiger partial charge in [0.25, 0.3) is 15.9 Å². The molecule has 1 amide bonds. The topological polar surface area (TPSA) is 138 Å². The number of nitrogens with one attached hydrogen (secondary N) is 3. The molecule has 0 spiro atoms. The second kappa shape index (κ2) is 12.4. The molecule has 0 unspecified atom stereocenters. The van der Waals surface area contributed by atoms with E-state index in [9.17, 15) is 18.3 Å². The molecule has 0 aliphatic carbocycles. The van der Waals surface area contributed by atoms with Crippen LogP contribution in [0.5, 0.6) is 0 Å². The fourth-order valence-electron chi connectivity index (χ4n) is 4.44. The lowest BCUT2D eigenvalue weighted by Gasteiger charge is -2.28. The van der Waals surface area contributed by atoms with E-state index < -0.39 is 16.1 Å². The van der Waals surface area contributed by atoms with Crippen LogP contribution in [0.3, 0.4) is 0 Å². The van der Waals surface area contributed by atoms with Gasteiger partial charge in [-0.3, -0.25) is 14.8 Å². The second-order valence-corrected chi connectivity index (χ2v) is 13.1. The predicted octanol–water partition coefficient (Wildman–Crippen LogP) is 5.04. The Morgan fingerprint density at radius 3 is 2.64 bits per heavy atom. The van der Waals surface area contributed by atoms with Gasteiger partial charge in [-0.05, 0) is 62.2 Å². The highest BCUT2D eigenvalue weighted by Crippen LogP contribution is 2.23. The van der Waals surface area contributed by atoms with E-state index in [1.807, 2.05) is 22.9 Å². The summed E-state index contributed by atoms with van der Waals surface area (Å²) in [6, 6.07) is 18.7. The van der Waals surface area contributed by atoms with E-state index >= 15 is 0 Å². The number of β-amino-alcohol motifs (C(OH)–C–C–N with tert-alkyl or cyclic N) is 1. The summed E-state index contributed by atoms with van der Waals surface area (Å²) in [4.78, 5) is 21.3. The molecule has 5 aromatic rings. The van der Waals surface area contributed by atoms with Crippen molar-refractivity contribution in [1.29, 1.82) is 0 Å². The average Bonchev–Trinajstić information content (AvgIpc) is 3.65. The number of fused-ring (bicyclic) bond motifs is 1. The van der Waals surface area contributed by atoms with Gasteiger partial charge in [-0.15, -0.1) is 11.3 Å². The Bertz CT molecular complexity index is 1770. The number of anilines is 2. The fourth-order valence-corrected chi connectivity index (χ4v) is 6.03. The molecule has 0 aliphatic rings. The third kappa shape index (κ3) is 7.21. The maximum atomic E-state index is 12.7. The largest absolute Gasteiger partial charge is 0.387 e. The Morgan fingerprint density at radius 1 is 1.07 bits per heavy atom. The number of pyridine rings is 1. The van der Waals surface area contributed by atoms with Crippen LogP contribution in [0.25, 0.3) is 11.0 Å². The van der Waals surface area contributed by atoms with Gasteiger partial charge in [-0.1, -0.05) is 30.3 Å². The fraction of sp³-hybridized carbons (Fsp3) is 0.233. The minimum absolute atomic E-state index is 0.169. The van der Waals surface area contributed by atoms with Crippen LogP contribution < -0.4 is 15.4 Å². The van der Waals surface area contributed by atoms with Gasteiger partial charge < -0.3 is 15.0 Å². The normalized spacial score (nSPS) is 12.7. The zero-order valence-corrected chi connectivity index (χ0v) is 24.8. The predicted molar refractivity (Wildman–Crippen MR) is 165 cm³/mol. The van der Waals surface area contributed by atoms with Crippen LogP contribution >= 0.6 is 11.3 Å². The van der Waals surface area contributed by atoms with Gasteiger partial charge in [-0.25, -0.2) is 18.4 Å². The first kappa shape index (κ1) is 29.4. The first-order valence-electron chi connectivity index (χ1n) is 13.4. The van der Waals surface area contributed by atoms with Crippen LogP contribution in [-0.2, 0) is 16.6 Å². The van der Waals surface area contributed by atoms with Gasteiger partial charge >= 0.3 is 0 Å². The average molecular weight is 605 g/mol. The van der Waals surface area contributed by atoms with Crippen molar-refractivity contribution < 1.29 is 18.3 Å². The third-order valence-electron chi connectivity index (χ3n) is 6.84. The lowest BCUT2D eigenvalue weighted by atomic mass is 9.99. The number of hydrogen-bond donors (Lipinski definition) is 4. The van der Waals surface area contributed by atoms with Gasteiger partial charge in [0.2, 0.25) is 0 Å². The highest BCUT2D eigenvalue weighted by atomic mass is 32.2. The minimum Gasteiger partial charge on any atom is -0.387 e. The summed E-state index contributed by atoms with van der Waals surface area (Å²) in [5, 5.41) is 20.3. The zero-order chi connectivity index (χ0) is 29.7. The summed E-state index contributed by atoms with van der Waals surface area (Å²) in [5.41, 5.74) is 1.90. The van der Waals surface area contributed by atoms with Crippen molar-refractivity contribution in [2.45, 2.75) is 43.4 Å². The van der Waals surface area contributed by atoms with E-state index in [4.69, 9.17) is 0 Å². The Labute approximate surface area is 248 Å². The molecule has 0 radical (unpaired) electrons. The van der Waals surface area contributed by atoms with Crippen molar-refractivity contribution in [3.05, 3.63) is 102 Å². The van der Waals surface area contributed by atoms with Crippen molar-refractivity contribution in [2.24, 2.45) is 0 Å². The molecule has 12 heteroatoms. The number of carbonyl (C=O) groups is 1. The van der Waals surface area contributed by atoms with E-state index in [1.54, 1.807) is 60.2 Å². The molecular formula is C30H32N6O4S2. The molecule has 2 aromatic carbocycles. The van der Waals surface area contributed by atoms with Gasteiger partial charge in [-0.2, -0.15) is 0 Å². The lowest BCUT2D eigenvalue weighted by molar-refractivity contribution is 0.102. The van der Waals surface area contributed by atoms with Crippen molar-refractivity contribution in [3.8, 4) is 0 Å². The first-order valence-corrected chi connectivity index (χ1v) is 15.7. The summed E-state index contributed by atoms with van der Waals surface area (Å²) in [5.74, 6) is -0.255. The summed E-state index contributed by atoms with van der Waals surface area (Å²) in [6.45, 7) is 5.08. The number of aliphatic hydroxyl groups excluding tert-OH is 1. The number of amides is 1. The van der Waals surface area contributed by atoms with E-state index in [1.165, 1.54) is 23.5 Å². The standard InChI is InChI=1S/C30H32N6O4S2/c1-30(2,12-15-36-14-11-22-17-23(19-32-27(22)36)28(38)34-29-31-13-16-41-29)33-20-26(37)21-7-6-8-24(18-21)35-42(39,40)25-9-4-3-5-10-25/h3-11,13-14,16-19,26,33,35,37H,12,15,20H2,1-2H3,(H,31,34,38)/t26-/m0/s1. The lowest BCUT2D eigenvalue weighted by Crippen LogP contribution is -2.42. The Hall–Kier alpha value is -4.10. The molecule has 1 atom stereocenters. The maximum absolute atomic E-state index is 12.7. The highest BCUT2D eigenvalue weighted by Gasteiger charge is 2.21. The van der Waals surface area contributed by atoms with Gasteiger partial charge in [0.05, 0.1) is 16.6 Å². The number of carbonyl (C=O) groups excluding carboxylic acids is 1. The highest BCUT2D eigenvalue weighted by molar-refractivity contribution is 7.92. The van der Waals surface area contributed by atoms with E-state index in [2.05, 4.69) is 39.2 Å². The van der Waals surface area contributed by atoms with Crippen LogP contribution in [0.1, 0.15) is 42.3 Å². The molecular weight excluding hydrogens is 573 g/mol. The Balaban J connectivity index is 1.16. The molecule has 42 heavy (non-hydrogen) atoms. The van der Waals surface area contributed by atoms with Crippen LogP contribution in [0.2, 0.25) is 0 Å². The molecule has 0 bridgehead atoms. The molecule has 0 fully saturated rings. The molecule has 0 saturated heterocycles. The number of sulfonamides is 1. The number of nitrogens with zero attached hydrogens (tertiary/aromatic N) is 3. The van der Waals surface area contributed by atoms with Crippen molar-refractivity contribution >= 4 is 49.1 Å². The quantitative estimate of drug-likeness (QED) is 0.157. The van der Waals surface area contributed by atoms with E-state index in [-0.39, 0.29) is 22.9 Å². The summed E-state index contributed by atoms with van der Waals surface area (Å²) in [6.07, 6.45) is 5.06.